The van der Waals surface area contributed by atoms with Crippen molar-refractivity contribution in [1.29, 1.82) is 0 Å². The summed E-state index contributed by atoms with van der Waals surface area (Å²) in [5.41, 5.74) is 0. The van der Waals surface area contributed by atoms with Gasteiger partial charge in [0.1, 0.15) is 12.4 Å². The third kappa shape index (κ3) is 10.1. The highest BCUT2D eigenvalue weighted by molar-refractivity contribution is 14.0. The predicted octanol–water partition coefficient (Wildman–Crippen LogP) is 3.56. The summed E-state index contributed by atoms with van der Waals surface area (Å²) in [7, 11) is 1.50. The second-order valence-corrected chi connectivity index (χ2v) is 5.01. The molecule has 0 radical (unpaired) electrons. The van der Waals surface area contributed by atoms with Gasteiger partial charge in [0.15, 0.2) is 5.96 Å². The van der Waals surface area contributed by atoms with Crippen LogP contribution in [0.2, 0.25) is 0 Å². The second kappa shape index (κ2) is 10.9. The van der Waals surface area contributed by atoms with E-state index in [-0.39, 0.29) is 30.5 Å². The molecule has 126 valence electrons. The van der Waals surface area contributed by atoms with Crippen molar-refractivity contribution in [3.8, 4) is 5.75 Å². The van der Waals surface area contributed by atoms with Gasteiger partial charge in [0.2, 0.25) is 0 Å². The van der Waals surface area contributed by atoms with Crippen LogP contribution in [0.1, 0.15) is 6.42 Å². The van der Waals surface area contributed by atoms with E-state index >= 15 is 0 Å². The van der Waals surface area contributed by atoms with Gasteiger partial charge in [-0.05, 0) is 24.3 Å². The number of halogens is 5. The lowest BCUT2D eigenvalue weighted by atomic mass is 10.3. The molecule has 0 atom stereocenters. The third-order valence-electron chi connectivity index (χ3n) is 2.40. The van der Waals surface area contributed by atoms with Crippen molar-refractivity contribution < 1.29 is 17.9 Å². The SMILES string of the molecule is CN=C(NCCOc1ccc(Br)cc1)NCCC(F)(F)F.I. The number of hydrogen-bond acceptors (Lipinski definition) is 2. The van der Waals surface area contributed by atoms with Crippen molar-refractivity contribution in [3.05, 3.63) is 28.7 Å². The summed E-state index contributed by atoms with van der Waals surface area (Å²) in [4.78, 5) is 3.83. The van der Waals surface area contributed by atoms with Crippen molar-refractivity contribution >= 4 is 45.9 Å². The summed E-state index contributed by atoms with van der Waals surface area (Å²) < 4.78 is 42.5. The van der Waals surface area contributed by atoms with Gasteiger partial charge in [-0.25, -0.2) is 0 Å². The fourth-order valence-electron chi connectivity index (χ4n) is 1.41. The first-order chi connectivity index (χ1) is 9.90. The molecular weight excluding hydrogens is 478 g/mol. The highest BCUT2D eigenvalue weighted by Gasteiger charge is 2.26. The van der Waals surface area contributed by atoms with Crippen molar-refractivity contribution in [1.82, 2.24) is 10.6 Å². The molecule has 2 N–H and O–H groups in total. The van der Waals surface area contributed by atoms with Gasteiger partial charge < -0.3 is 15.4 Å². The maximum atomic E-state index is 12.0. The zero-order chi connectivity index (χ0) is 15.7. The molecule has 9 heteroatoms. The molecule has 1 aromatic carbocycles. The first kappa shape index (κ1) is 21.3. The number of nitrogens with one attached hydrogen (secondary N) is 2. The fourth-order valence-corrected chi connectivity index (χ4v) is 1.68. The minimum absolute atomic E-state index is 0. The fraction of sp³-hybridized carbons (Fsp3) is 0.462. The lowest BCUT2D eigenvalue weighted by molar-refractivity contribution is -0.132. The van der Waals surface area contributed by atoms with Crippen molar-refractivity contribution in [3.63, 3.8) is 0 Å². The standard InChI is InChI=1S/C13H17BrF3N3O.HI/c1-18-12(19-7-6-13(15,16)17)20-8-9-21-11-4-2-10(14)3-5-11;/h2-5H,6-9H2,1H3,(H2,18,19,20);1H. The number of guanidine groups is 1. The number of aliphatic imine (C=N–C) groups is 1. The molecule has 1 aromatic rings. The number of hydrogen-bond donors (Lipinski definition) is 2. The van der Waals surface area contributed by atoms with Crippen molar-refractivity contribution in [2.24, 2.45) is 4.99 Å². The average Bonchev–Trinajstić information content (AvgIpc) is 2.42. The molecule has 4 nitrogen and oxygen atoms in total. The Morgan fingerprint density at radius 1 is 1.18 bits per heavy atom. The van der Waals surface area contributed by atoms with E-state index in [1.165, 1.54) is 7.05 Å². The molecule has 0 aliphatic rings. The summed E-state index contributed by atoms with van der Waals surface area (Å²) in [5.74, 6) is 1.04. The van der Waals surface area contributed by atoms with Gasteiger partial charge in [-0.3, -0.25) is 4.99 Å². The van der Waals surface area contributed by atoms with Crippen LogP contribution in [0.4, 0.5) is 13.2 Å². The zero-order valence-corrected chi connectivity index (χ0v) is 15.8. The third-order valence-corrected chi connectivity index (χ3v) is 2.93. The van der Waals surface area contributed by atoms with Gasteiger partial charge in [-0.2, -0.15) is 13.2 Å². The van der Waals surface area contributed by atoms with E-state index in [9.17, 15) is 13.2 Å². The minimum Gasteiger partial charge on any atom is -0.492 e. The molecule has 0 aliphatic carbocycles. The van der Waals surface area contributed by atoms with E-state index in [1.54, 1.807) is 0 Å². The Bertz CT molecular complexity index is 455. The van der Waals surface area contributed by atoms with Crippen LogP contribution < -0.4 is 15.4 Å². The second-order valence-electron chi connectivity index (χ2n) is 4.09. The van der Waals surface area contributed by atoms with E-state index in [0.29, 0.717) is 19.1 Å². The van der Waals surface area contributed by atoms with Gasteiger partial charge in [-0.15, -0.1) is 24.0 Å². The molecule has 0 saturated carbocycles. The van der Waals surface area contributed by atoms with Crippen LogP contribution in [-0.4, -0.2) is 38.9 Å². The predicted molar refractivity (Wildman–Crippen MR) is 95.1 cm³/mol. The van der Waals surface area contributed by atoms with Crippen LogP contribution >= 0.6 is 39.9 Å². The Hall–Kier alpha value is -0.710. The Balaban J connectivity index is 0.00000441. The van der Waals surface area contributed by atoms with Gasteiger partial charge in [0, 0.05) is 18.1 Å². The first-order valence-electron chi connectivity index (χ1n) is 6.30. The Labute approximate surface area is 153 Å². The quantitative estimate of drug-likeness (QED) is 0.274. The summed E-state index contributed by atoms with van der Waals surface area (Å²) in [5, 5.41) is 5.46. The molecular formula is C13H18BrF3IN3O. The van der Waals surface area contributed by atoms with E-state index in [1.807, 2.05) is 24.3 Å². The summed E-state index contributed by atoms with van der Waals surface area (Å²) in [6, 6.07) is 7.36. The monoisotopic (exact) mass is 495 g/mol. The van der Waals surface area contributed by atoms with Gasteiger partial charge in [-0.1, -0.05) is 15.9 Å². The molecule has 0 bridgehead atoms. The normalized spacial score (nSPS) is 11.6. The number of ether oxygens (including phenoxy) is 1. The van der Waals surface area contributed by atoms with Crippen LogP contribution in [0.3, 0.4) is 0 Å². The first-order valence-corrected chi connectivity index (χ1v) is 7.09. The number of nitrogens with zero attached hydrogens (tertiary/aromatic N) is 1. The van der Waals surface area contributed by atoms with Crippen LogP contribution in [0.15, 0.2) is 33.7 Å². The number of alkyl halides is 3. The van der Waals surface area contributed by atoms with Crippen LogP contribution in [-0.2, 0) is 0 Å². The molecule has 0 amide bonds. The molecule has 0 heterocycles. The summed E-state index contributed by atoms with van der Waals surface area (Å²) in [6.07, 6.45) is -5.07. The van der Waals surface area contributed by atoms with E-state index in [0.717, 1.165) is 10.2 Å². The van der Waals surface area contributed by atoms with Crippen molar-refractivity contribution in [2.75, 3.05) is 26.7 Å². The summed E-state index contributed by atoms with van der Waals surface area (Å²) in [6.45, 7) is 0.597. The van der Waals surface area contributed by atoms with Gasteiger partial charge in [0.05, 0.1) is 13.0 Å². The maximum Gasteiger partial charge on any atom is 0.390 e. The van der Waals surface area contributed by atoms with Crippen molar-refractivity contribution in [2.45, 2.75) is 12.6 Å². The highest BCUT2D eigenvalue weighted by atomic mass is 127. The van der Waals surface area contributed by atoms with Crippen LogP contribution in [0.5, 0.6) is 5.75 Å². The minimum atomic E-state index is -4.17. The maximum absolute atomic E-state index is 12.0. The van der Waals surface area contributed by atoms with Gasteiger partial charge in [0.25, 0.3) is 0 Å². The lowest BCUT2D eigenvalue weighted by Crippen LogP contribution is -2.40. The Kier molecular flexibility index (Phi) is 10.6. The molecule has 0 saturated heterocycles. The zero-order valence-electron chi connectivity index (χ0n) is 11.9. The van der Waals surface area contributed by atoms with Gasteiger partial charge >= 0.3 is 6.18 Å². The topological polar surface area (TPSA) is 45.7 Å². The lowest BCUT2D eigenvalue weighted by Gasteiger charge is -2.13. The van der Waals surface area contributed by atoms with E-state index in [2.05, 4.69) is 31.6 Å². The average molecular weight is 496 g/mol. The Morgan fingerprint density at radius 2 is 1.77 bits per heavy atom. The Morgan fingerprint density at radius 3 is 2.32 bits per heavy atom. The summed E-state index contributed by atoms with van der Waals surface area (Å²) >= 11 is 3.32. The van der Waals surface area contributed by atoms with Crippen LogP contribution in [0, 0.1) is 0 Å². The largest absolute Gasteiger partial charge is 0.492 e. The number of rotatable bonds is 6. The molecule has 0 aromatic heterocycles. The molecule has 0 aliphatic heterocycles. The molecule has 0 unspecified atom stereocenters. The van der Waals surface area contributed by atoms with E-state index < -0.39 is 12.6 Å². The molecule has 1 rings (SSSR count). The molecule has 22 heavy (non-hydrogen) atoms. The molecule has 0 fully saturated rings. The smallest absolute Gasteiger partial charge is 0.390 e. The molecule has 0 spiro atoms. The van der Waals surface area contributed by atoms with E-state index in [4.69, 9.17) is 4.74 Å². The van der Waals surface area contributed by atoms with Crippen LogP contribution in [0.25, 0.3) is 0 Å². The highest BCUT2D eigenvalue weighted by Crippen LogP contribution is 2.18. The number of benzene rings is 1.